The van der Waals surface area contributed by atoms with Gasteiger partial charge in [-0.25, -0.2) is 0 Å². The maximum Gasteiger partial charge on any atom is 0.291 e. The van der Waals surface area contributed by atoms with E-state index in [4.69, 9.17) is 14.9 Å². The van der Waals surface area contributed by atoms with E-state index in [0.717, 1.165) is 16.3 Å². The molecule has 1 aromatic heterocycles. The number of carbonyl (C=O) groups is 1. The Kier molecular flexibility index (Phi) is 4.79. The molecule has 0 aliphatic rings. The Hall–Kier alpha value is -3.99. The van der Waals surface area contributed by atoms with Crippen LogP contribution in [0.4, 0.5) is 11.4 Å². The van der Waals surface area contributed by atoms with Gasteiger partial charge in [0.25, 0.3) is 5.91 Å². The maximum atomic E-state index is 12.4. The normalized spacial score (nSPS) is 10.7. The van der Waals surface area contributed by atoms with Gasteiger partial charge in [-0.3, -0.25) is 4.79 Å². The predicted molar refractivity (Wildman–Crippen MR) is 116 cm³/mol. The van der Waals surface area contributed by atoms with Crippen LogP contribution in [0.25, 0.3) is 16.3 Å². The van der Waals surface area contributed by atoms with E-state index in [1.165, 1.54) is 13.4 Å². The Morgan fingerprint density at radius 2 is 1.83 bits per heavy atom. The van der Waals surface area contributed by atoms with Crippen LogP contribution < -0.4 is 15.8 Å². The first-order chi connectivity index (χ1) is 14.1. The molecule has 4 rings (SSSR count). The molecule has 0 fully saturated rings. The largest absolute Gasteiger partial charge is 0.494 e. The van der Waals surface area contributed by atoms with Gasteiger partial charge in [-0.15, -0.1) is 0 Å². The number of benzene rings is 3. The molecule has 1 amide bonds. The summed E-state index contributed by atoms with van der Waals surface area (Å²) in [6.45, 7) is 4.25. The molecular formula is C24H20N2O3. The summed E-state index contributed by atoms with van der Waals surface area (Å²) >= 11 is 0. The predicted octanol–water partition coefficient (Wildman–Crippen LogP) is 5.34. The fraction of sp³-hybridized carbons (Fsp3) is 0.0417. The van der Waals surface area contributed by atoms with Crippen molar-refractivity contribution in [2.75, 3.05) is 18.2 Å². The van der Waals surface area contributed by atoms with Crippen LogP contribution in [-0.4, -0.2) is 13.0 Å². The highest BCUT2D eigenvalue weighted by Gasteiger charge is 2.19. The van der Waals surface area contributed by atoms with Crippen LogP contribution in [0.5, 0.6) is 5.75 Å². The van der Waals surface area contributed by atoms with Crippen molar-refractivity contribution in [3.05, 3.63) is 96.5 Å². The highest BCUT2D eigenvalue weighted by Crippen LogP contribution is 2.40. The molecule has 1 heterocycles. The molecule has 3 N–H and O–H groups in total. The van der Waals surface area contributed by atoms with Gasteiger partial charge < -0.3 is 20.2 Å². The molecular weight excluding hydrogens is 364 g/mol. The first kappa shape index (κ1) is 18.4. The second-order valence-electron chi connectivity index (χ2n) is 6.58. The number of furan rings is 1. The Morgan fingerprint density at radius 3 is 2.55 bits per heavy atom. The van der Waals surface area contributed by atoms with E-state index in [9.17, 15) is 4.79 Å². The molecule has 0 spiro atoms. The fourth-order valence-electron chi connectivity index (χ4n) is 3.33. The minimum absolute atomic E-state index is 0.207. The van der Waals surface area contributed by atoms with Crippen LogP contribution >= 0.6 is 0 Å². The van der Waals surface area contributed by atoms with Crippen LogP contribution in [0.15, 0.2) is 84.0 Å². The van der Waals surface area contributed by atoms with Gasteiger partial charge in [-0.1, -0.05) is 43.0 Å². The fourth-order valence-corrected chi connectivity index (χ4v) is 3.33. The molecule has 29 heavy (non-hydrogen) atoms. The van der Waals surface area contributed by atoms with Gasteiger partial charge in [0.15, 0.2) is 11.5 Å². The molecule has 0 atom stereocenters. The van der Waals surface area contributed by atoms with Crippen molar-refractivity contribution in [2.45, 2.75) is 0 Å². The number of rotatable bonds is 5. The van der Waals surface area contributed by atoms with Crippen molar-refractivity contribution in [3.8, 4) is 5.75 Å². The van der Waals surface area contributed by atoms with E-state index >= 15 is 0 Å². The van der Waals surface area contributed by atoms with Gasteiger partial charge in [0.05, 0.1) is 19.1 Å². The van der Waals surface area contributed by atoms with Crippen LogP contribution in [0.3, 0.4) is 0 Å². The third-order valence-electron chi connectivity index (χ3n) is 4.79. The zero-order chi connectivity index (χ0) is 20.4. The number of nitrogens with one attached hydrogen (secondary N) is 1. The first-order valence-corrected chi connectivity index (χ1v) is 9.08. The monoisotopic (exact) mass is 384 g/mol. The van der Waals surface area contributed by atoms with Crippen molar-refractivity contribution in [1.82, 2.24) is 0 Å². The van der Waals surface area contributed by atoms with E-state index in [-0.39, 0.29) is 11.7 Å². The molecule has 0 radical (unpaired) electrons. The topological polar surface area (TPSA) is 77.5 Å². The quantitative estimate of drug-likeness (QED) is 0.456. The Bertz CT molecular complexity index is 1210. The Labute approximate surface area is 168 Å². The number of carbonyl (C=O) groups excluding carboxylic acids is 1. The first-order valence-electron chi connectivity index (χ1n) is 9.08. The van der Waals surface area contributed by atoms with E-state index in [0.29, 0.717) is 28.3 Å². The van der Waals surface area contributed by atoms with Crippen molar-refractivity contribution in [1.29, 1.82) is 0 Å². The third kappa shape index (κ3) is 3.46. The van der Waals surface area contributed by atoms with Gasteiger partial charge in [-0.2, -0.15) is 0 Å². The number of nitrogen functional groups attached to an aromatic ring is 1. The Morgan fingerprint density at radius 1 is 1.03 bits per heavy atom. The number of fused-ring (bicyclic) bond motifs is 1. The van der Waals surface area contributed by atoms with Crippen molar-refractivity contribution in [2.24, 2.45) is 0 Å². The van der Waals surface area contributed by atoms with Gasteiger partial charge >= 0.3 is 0 Å². The average Bonchev–Trinajstić information content (AvgIpc) is 3.29. The van der Waals surface area contributed by atoms with Gasteiger partial charge in [0.1, 0.15) is 0 Å². The van der Waals surface area contributed by atoms with Crippen LogP contribution in [0, 0.1) is 0 Å². The van der Waals surface area contributed by atoms with Gasteiger partial charge in [-0.05, 0) is 52.2 Å². The molecule has 0 unspecified atom stereocenters. The third-order valence-corrected chi connectivity index (χ3v) is 4.79. The molecule has 5 nitrogen and oxygen atoms in total. The average molecular weight is 384 g/mol. The minimum atomic E-state index is -0.375. The number of hydrogen-bond donors (Lipinski definition) is 2. The summed E-state index contributed by atoms with van der Waals surface area (Å²) in [4.78, 5) is 12.4. The van der Waals surface area contributed by atoms with Crippen molar-refractivity contribution >= 4 is 33.6 Å². The van der Waals surface area contributed by atoms with Gasteiger partial charge in [0, 0.05) is 11.3 Å². The summed E-state index contributed by atoms with van der Waals surface area (Å²) in [7, 11) is 1.54. The molecule has 144 valence electrons. The summed E-state index contributed by atoms with van der Waals surface area (Å²) in [5.74, 6) is 0.280. The highest BCUT2D eigenvalue weighted by molar-refractivity contribution is 6.04. The molecule has 0 aliphatic heterocycles. The molecule has 0 saturated carbocycles. The lowest BCUT2D eigenvalue weighted by Crippen LogP contribution is -2.13. The zero-order valence-corrected chi connectivity index (χ0v) is 15.9. The molecule has 0 saturated heterocycles. The lowest BCUT2D eigenvalue weighted by molar-refractivity contribution is 0.0996. The summed E-state index contributed by atoms with van der Waals surface area (Å²) in [5, 5.41) is 5.06. The van der Waals surface area contributed by atoms with Crippen LogP contribution in [0.1, 0.15) is 21.7 Å². The Balaban J connectivity index is 1.75. The highest BCUT2D eigenvalue weighted by atomic mass is 16.5. The number of amides is 1. The smallest absolute Gasteiger partial charge is 0.291 e. The lowest BCUT2D eigenvalue weighted by atomic mass is 9.94. The van der Waals surface area contributed by atoms with Crippen molar-refractivity contribution in [3.63, 3.8) is 0 Å². The summed E-state index contributed by atoms with van der Waals surface area (Å²) in [6.07, 6.45) is 1.45. The van der Waals surface area contributed by atoms with Gasteiger partial charge in [0.2, 0.25) is 0 Å². The summed E-state index contributed by atoms with van der Waals surface area (Å²) in [6, 6.07) is 20.9. The lowest BCUT2D eigenvalue weighted by Gasteiger charge is -2.18. The number of hydrogen-bond acceptors (Lipinski definition) is 4. The molecule has 5 heteroatoms. The zero-order valence-electron chi connectivity index (χ0n) is 15.9. The van der Waals surface area contributed by atoms with Crippen molar-refractivity contribution < 1.29 is 13.9 Å². The number of methoxy groups -OCH3 is 1. The van der Waals surface area contributed by atoms with E-state index in [1.807, 2.05) is 30.3 Å². The van der Waals surface area contributed by atoms with Crippen LogP contribution in [0.2, 0.25) is 0 Å². The molecule has 4 aromatic rings. The molecule has 3 aromatic carbocycles. The number of anilines is 2. The van der Waals surface area contributed by atoms with E-state index in [2.05, 4.69) is 24.0 Å². The maximum absolute atomic E-state index is 12.4. The molecule has 0 aliphatic carbocycles. The van der Waals surface area contributed by atoms with E-state index in [1.54, 1.807) is 24.3 Å². The van der Waals surface area contributed by atoms with E-state index < -0.39 is 0 Å². The minimum Gasteiger partial charge on any atom is -0.494 e. The number of ether oxygens (including phenoxy) is 1. The van der Waals surface area contributed by atoms with Crippen LogP contribution in [-0.2, 0) is 0 Å². The molecule has 0 bridgehead atoms. The SMILES string of the molecule is C=C(c1ccc2ccccc2c1)c1c(N)ccc(NC(=O)c2ccco2)c1OC. The number of nitrogens with two attached hydrogens (primary N) is 1. The second-order valence-corrected chi connectivity index (χ2v) is 6.58. The standard InChI is InChI=1S/C24H20N2O3/c1-15(17-10-9-16-6-3-4-7-18(16)14-17)22-19(25)11-12-20(23(22)28-2)26-24(27)21-8-5-13-29-21/h3-14H,1,25H2,2H3,(H,26,27). The second kappa shape index (κ2) is 7.56. The summed E-state index contributed by atoms with van der Waals surface area (Å²) in [5.41, 5.74) is 9.53. The summed E-state index contributed by atoms with van der Waals surface area (Å²) < 4.78 is 10.8.